The second-order valence-corrected chi connectivity index (χ2v) is 6.71. The van der Waals surface area contributed by atoms with Crippen molar-refractivity contribution in [2.24, 2.45) is 11.7 Å². The van der Waals surface area contributed by atoms with E-state index in [4.69, 9.17) is 10.5 Å². The Kier molecular flexibility index (Phi) is 5.76. The first-order valence-electron chi connectivity index (χ1n) is 9.09. The minimum atomic E-state index is 0.355. The number of hydrogen-bond acceptors (Lipinski definition) is 3. The van der Waals surface area contributed by atoms with Crippen LogP contribution in [0.3, 0.4) is 0 Å². The van der Waals surface area contributed by atoms with E-state index in [1.165, 1.54) is 24.9 Å². The fourth-order valence-electron chi connectivity index (χ4n) is 3.41. The van der Waals surface area contributed by atoms with Crippen LogP contribution in [0.15, 0.2) is 54.6 Å². The molecule has 1 fully saturated rings. The normalized spacial score (nSPS) is 20.8. The van der Waals surface area contributed by atoms with Crippen molar-refractivity contribution in [2.45, 2.75) is 38.6 Å². The number of unbranched alkanes of at least 4 members (excludes halogenated alkanes) is 1. The van der Waals surface area contributed by atoms with Crippen LogP contribution in [0, 0.1) is 5.92 Å². The molecule has 3 nitrogen and oxygen atoms in total. The second kappa shape index (κ2) is 8.20. The molecule has 1 heterocycles. The first kappa shape index (κ1) is 16.8. The zero-order chi connectivity index (χ0) is 16.8. The molecule has 1 aliphatic rings. The van der Waals surface area contributed by atoms with Gasteiger partial charge in [-0.1, -0.05) is 38.0 Å². The molecule has 2 aromatic carbocycles. The molecular formula is C21H28N2O. The molecule has 0 radical (unpaired) electrons. The van der Waals surface area contributed by atoms with E-state index in [1.807, 2.05) is 30.3 Å². The summed E-state index contributed by atoms with van der Waals surface area (Å²) in [7, 11) is 0. The fourth-order valence-corrected chi connectivity index (χ4v) is 3.41. The van der Waals surface area contributed by atoms with E-state index in [2.05, 4.69) is 36.1 Å². The minimum absolute atomic E-state index is 0.355. The van der Waals surface area contributed by atoms with E-state index in [1.54, 1.807) is 0 Å². The lowest BCUT2D eigenvalue weighted by molar-refractivity contribution is 0.330. The molecule has 0 aromatic heterocycles. The highest BCUT2D eigenvalue weighted by molar-refractivity contribution is 5.50. The van der Waals surface area contributed by atoms with Crippen LogP contribution in [0.25, 0.3) is 0 Å². The third-order valence-electron chi connectivity index (χ3n) is 4.90. The average molecular weight is 324 g/mol. The van der Waals surface area contributed by atoms with Crippen molar-refractivity contribution in [1.82, 2.24) is 0 Å². The summed E-state index contributed by atoms with van der Waals surface area (Å²) in [4.78, 5) is 2.47. The van der Waals surface area contributed by atoms with Gasteiger partial charge in [-0.2, -0.15) is 0 Å². The maximum absolute atomic E-state index is 6.32. The molecule has 0 amide bonds. The first-order chi connectivity index (χ1) is 11.8. The largest absolute Gasteiger partial charge is 0.457 e. The fraction of sp³-hybridized carbons (Fsp3) is 0.429. The molecule has 2 aromatic rings. The van der Waals surface area contributed by atoms with Crippen LogP contribution >= 0.6 is 0 Å². The first-order valence-corrected chi connectivity index (χ1v) is 9.09. The maximum Gasteiger partial charge on any atom is 0.127 e. The predicted octanol–water partition coefficient (Wildman–Crippen LogP) is 4.82. The summed E-state index contributed by atoms with van der Waals surface area (Å²) in [6, 6.07) is 18.7. The van der Waals surface area contributed by atoms with Crippen molar-refractivity contribution in [3.05, 3.63) is 54.6 Å². The summed E-state index contributed by atoms with van der Waals surface area (Å²) >= 11 is 0. The number of hydrogen-bond donors (Lipinski definition) is 1. The molecule has 2 atom stereocenters. The Hall–Kier alpha value is -2.00. The SMILES string of the molecule is CCCC[C@@H]1CN(c2ccc(Oc3ccccc3)cc2)CC[C@H]1N. The molecule has 0 spiro atoms. The highest BCUT2D eigenvalue weighted by atomic mass is 16.5. The van der Waals surface area contributed by atoms with E-state index in [0.717, 1.165) is 31.0 Å². The third-order valence-corrected chi connectivity index (χ3v) is 4.90. The second-order valence-electron chi connectivity index (χ2n) is 6.71. The Morgan fingerprint density at radius 1 is 1.04 bits per heavy atom. The van der Waals surface area contributed by atoms with E-state index in [-0.39, 0.29) is 0 Å². The quantitative estimate of drug-likeness (QED) is 0.827. The molecule has 0 unspecified atom stereocenters. The van der Waals surface area contributed by atoms with Crippen LogP contribution < -0.4 is 15.4 Å². The topological polar surface area (TPSA) is 38.5 Å². The lowest BCUT2D eigenvalue weighted by atomic mass is 9.88. The third kappa shape index (κ3) is 4.30. The monoisotopic (exact) mass is 324 g/mol. The Morgan fingerprint density at radius 3 is 2.46 bits per heavy atom. The van der Waals surface area contributed by atoms with Crippen molar-refractivity contribution in [1.29, 1.82) is 0 Å². The Labute approximate surface area is 145 Å². The van der Waals surface area contributed by atoms with Crippen LogP contribution in [-0.4, -0.2) is 19.1 Å². The smallest absolute Gasteiger partial charge is 0.127 e. The van der Waals surface area contributed by atoms with Gasteiger partial charge in [0, 0.05) is 24.8 Å². The van der Waals surface area contributed by atoms with Crippen LogP contribution in [0.5, 0.6) is 11.5 Å². The molecule has 1 aliphatic heterocycles. The lowest BCUT2D eigenvalue weighted by Crippen LogP contribution is -2.47. The van der Waals surface area contributed by atoms with Crippen LogP contribution in [-0.2, 0) is 0 Å². The molecular weight excluding hydrogens is 296 g/mol. The summed E-state index contributed by atoms with van der Waals surface area (Å²) in [6.07, 6.45) is 4.84. The number of benzene rings is 2. The Balaban J connectivity index is 1.62. The summed E-state index contributed by atoms with van der Waals surface area (Å²) in [5, 5.41) is 0. The van der Waals surface area contributed by atoms with E-state index in [9.17, 15) is 0 Å². The lowest BCUT2D eigenvalue weighted by Gasteiger charge is -2.38. The number of rotatable bonds is 6. The maximum atomic E-state index is 6.32. The van der Waals surface area contributed by atoms with Crippen molar-refractivity contribution in [3.63, 3.8) is 0 Å². The van der Waals surface area contributed by atoms with Crippen molar-refractivity contribution >= 4 is 5.69 Å². The minimum Gasteiger partial charge on any atom is -0.457 e. The van der Waals surface area contributed by atoms with Crippen LogP contribution in [0.4, 0.5) is 5.69 Å². The summed E-state index contributed by atoms with van der Waals surface area (Å²) in [5.41, 5.74) is 7.59. The molecule has 1 saturated heterocycles. The highest BCUT2D eigenvalue weighted by Crippen LogP contribution is 2.28. The van der Waals surface area contributed by atoms with Crippen LogP contribution in [0.1, 0.15) is 32.6 Å². The van der Waals surface area contributed by atoms with Crippen molar-refractivity contribution < 1.29 is 4.74 Å². The molecule has 2 N–H and O–H groups in total. The molecule has 0 bridgehead atoms. The molecule has 0 aliphatic carbocycles. The number of para-hydroxylation sites is 1. The summed E-state index contributed by atoms with van der Waals surface area (Å²) in [6.45, 7) is 4.36. The van der Waals surface area contributed by atoms with Crippen molar-refractivity contribution in [3.8, 4) is 11.5 Å². The van der Waals surface area contributed by atoms with Gasteiger partial charge in [0.25, 0.3) is 0 Å². The number of ether oxygens (including phenoxy) is 1. The zero-order valence-corrected chi connectivity index (χ0v) is 14.5. The molecule has 24 heavy (non-hydrogen) atoms. The van der Waals surface area contributed by atoms with Crippen molar-refractivity contribution in [2.75, 3.05) is 18.0 Å². The van der Waals surface area contributed by atoms with Gasteiger partial charge in [-0.15, -0.1) is 0 Å². The van der Waals surface area contributed by atoms with Gasteiger partial charge in [0.1, 0.15) is 11.5 Å². The van der Waals surface area contributed by atoms with Gasteiger partial charge in [-0.3, -0.25) is 0 Å². The van der Waals surface area contributed by atoms with E-state index in [0.29, 0.717) is 12.0 Å². The van der Waals surface area contributed by atoms with Gasteiger partial charge in [0.15, 0.2) is 0 Å². The number of nitrogens with two attached hydrogens (primary N) is 1. The average Bonchev–Trinajstić information content (AvgIpc) is 2.63. The Morgan fingerprint density at radius 2 is 1.75 bits per heavy atom. The highest BCUT2D eigenvalue weighted by Gasteiger charge is 2.26. The van der Waals surface area contributed by atoms with Gasteiger partial charge >= 0.3 is 0 Å². The molecule has 3 rings (SSSR count). The van der Waals surface area contributed by atoms with Gasteiger partial charge in [-0.05, 0) is 55.2 Å². The Bertz CT molecular complexity index is 611. The van der Waals surface area contributed by atoms with Crippen LogP contribution in [0.2, 0.25) is 0 Å². The summed E-state index contributed by atoms with van der Waals surface area (Å²) < 4.78 is 5.87. The molecule has 128 valence electrons. The predicted molar refractivity (Wildman–Crippen MR) is 101 cm³/mol. The summed E-state index contributed by atoms with van der Waals surface area (Å²) in [5.74, 6) is 2.36. The zero-order valence-electron chi connectivity index (χ0n) is 14.5. The molecule has 0 saturated carbocycles. The van der Waals surface area contributed by atoms with E-state index < -0.39 is 0 Å². The standard InChI is InChI=1S/C21H28N2O/c1-2-3-7-17-16-23(15-14-21(17)22)18-10-12-20(13-11-18)24-19-8-5-4-6-9-19/h4-6,8-13,17,21H,2-3,7,14-16,22H2,1H3/t17-,21-/m1/s1. The van der Waals surface area contributed by atoms with Gasteiger partial charge in [-0.25, -0.2) is 0 Å². The molecule has 3 heteroatoms. The van der Waals surface area contributed by atoms with Gasteiger partial charge in [0.2, 0.25) is 0 Å². The van der Waals surface area contributed by atoms with E-state index >= 15 is 0 Å². The number of piperidine rings is 1. The van der Waals surface area contributed by atoms with Gasteiger partial charge < -0.3 is 15.4 Å². The number of anilines is 1. The number of nitrogens with zero attached hydrogens (tertiary/aromatic N) is 1. The van der Waals surface area contributed by atoms with Gasteiger partial charge in [0.05, 0.1) is 0 Å².